The third kappa shape index (κ3) is 18.2. The molecule has 0 saturated heterocycles. The fraction of sp³-hybridized carbons (Fsp3) is 0.946. The molecule has 21 aliphatic carbocycles. The summed E-state index contributed by atoms with van der Waals surface area (Å²) in [6, 6.07) is 0. The molecule has 0 heterocycles. The van der Waals surface area contributed by atoms with Crippen molar-refractivity contribution in [1.29, 1.82) is 0 Å². The highest BCUT2D eigenvalue weighted by atomic mass is 16.6. The van der Waals surface area contributed by atoms with E-state index in [0.29, 0.717) is 107 Å². The van der Waals surface area contributed by atoms with Crippen molar-refractivity contribution < 1.29 is 62.3 Å². The first-order valence-electron chi connectivity index (χ1n) is 54.1. The van der Waals surface area contributed by atoms with E-state index in [2.05, 4.69) is 132 Å². The molecule has 40 atom stereocenters. The summed E-state index contributed by atoms with van der Waals surface area (Å²) in [6.45, 7) is 49.1. The van der Waals surface area contributed by atoms with Gasteiger partial charge in [0.15, 0.2) is 0 Å². The molecule has 0 aliphatic heterocycles. The maximum Gasteiger partial charge on any atom is 0.309 e. The lowest BCUT2D eigenvalue weighted by molar-refractivity contribution is -0.187. The Morgan fingerprint density at radius 3 is 0.984 bits per heavy atom. The van der Waals surface area contributed by atoms with Crippen LogP contribution in [0.2, 0.25) is 0 Å². The smallest absolute Gasteiger partial charge is 0.309 e. The SMILES string of the molecule is CC1C2CC(C(=O)OC(C)(C)C)C(C2)C1C.CC1C2CC(C(=O)OC(C)(C)C3CCC(O)CC3)C(C2)C1C.CC1C2CC(C(=O)OC(C)(C)C3CCCCC3)C(C2)C1C.CC1C2CC(C(=O)OC3(C)C4CC5CCCC3C5C4)C(C2)C1C.CC1C2CC(C(=O)OC3(C)CCCCC3)C(C2)C1C.CCC1(OC(=O)C2CC3CC2C(C)C3C)C2CC3CCCC1C3C2. The van der Waals surface area contributed by atoms with Gasteiger partial charge in [0.25, 0.3) is 0 Å². The van der Waals surface area contributed by atoms with E-state index in [1.54, 1.807) is 0 Å². The third-order valence-electron chi connectivity index (χ3n) is 44.6. The number of ether oxygens (including phenoxy) is 6. The maximum atomic E-state index is 13.2. The standard InChI is InChI=1S/C22H34O2.C21H32O2.C19H32O3.C19H32O2.C17H28O2.C14H24O2/c1-4-22(16-8-14-6-5-7-20(22)18(14)11-16)24-21(23)19-10-15-9-17(19)13(3)12(15)2;1-11-12(2)16-8-14(11)9-18(16)20(22)23-21(3)15-7-13-5-4-6-19(21)17(13)10-15;1-11-12(2)16-9-13(11)10-17(16)18(21)22-19(3,4)14-5-7-15(20)8-6-14;1-12-13(2)16-10-14(12)11-17(16)18(20)21-19(3,4)15-8-6-5-7-9-15;1-11-12(2)14-9-13(11)10-15(14)16(18)19-17(3)7-5-4-6-8-17;1-8-9(2)11-6-10(8)7-12(11)13(15)16-14(3,4)5/h12-20H,4-11H2,1-3H3;11-19H,4-10H2,1-3H3;11-17,20H,5-10H2,1-4H3;12-17H,5-11H2,1-4H3;11-15H,4-10H2,1-3H3;8-12H,6-7H2,1-5H3. The first-order chi connectivity index (χ1) is 59.0. The Balaban J connectivity index is 0.000000111. The Labute approximate surface area is 760 Å². The van der Waals surface area contributed by atoms with Crippen LogP contribution in [0.1, 0.15) is 390 Å². The highest BCUT2D eigenvalue weighted by Gasteiger charge is 2.67. The van der Waals surface area contributed by atoms with Gasteiger partial charge in [-0.3, -0.25) is 28.8 Å². The molecule has 0 aromatic carbocycles. The van der Waals surface area contributed by atoms with E-state index in [1.165, 1.54) is 154 Å². The summed E-state index contributed by atoms with van der Waals surface area (Å²) in [5.41, 5.74) is -1.38. The van der Waals surface area contributed by atoms with Gasteiger partial charge in [-0.1, -0.05) is 141 Å². The fourth-order valence-corrected chi connectivity index (χ4v) is 35.7. The lowest BCUT2D eigenvalue weighted by Crippen LogP contribution is -2.51. The van der Waals surface area contributed by atoms with Gasteiger partial charge in [0.2, 0.25) is 0 Å². The summed E-state index contributed by atoms with van der Waals surface area (Å²) in [6.07, 6.45) is 44.3. The van der Waals surface area contributed by atoms with E-state index in [4.69, 9.17) is 28.4 Å². The van der Waals surface area contributed by atoms with Crippen molar-refractivity contribution in [2.24, 2.45) is 237 Å². The Hall–Kier alpha value is -3.22. The number of esters is 6. The Morgan fingerprint density at radius 1 is 0.296 bits per heavy atom. The van der Waals surface area contributed by atoms with Crippen molar-refractivity contribution >= 4 is 35.8 Å². The van der Waals surface area contributed by atoms with Crippen molar-refractivity contribution in [3.63, 3.8) is 0 Å². The number of aliphatic hydroxyl groups excluding tert-OH is 1. The van der Waals surface area contributed by atoms with Gasteiger partial charge in [-0.15, -0.1) is 0 Å². The maximum absolute atomic E-state index is 13.2. The van der Waals surface area contributed by atoms with Crippen molar-refractivity contribution in [3.8, 4) is 0 Å². The number of fused-ring (bicyclic) bond motifs is 14. The summed E-state index contributed by atoms with van der Waals surface area (Å²) in [5, 5.41) is 9.66. The minimum Gasteiger partial charge on any atom is -0.460 e. The predicted octanol–water partition coefficient (Wildman–Crippen LogP) is 25.8. The average molecular weight is 1740 g/mol. The summed E-state index contributed by atoms with van der Waals surface area (Å²) in [4.78, 5) is 76.4. The lowest BCUT2D eigenvalue weighted by atomic mass is 9.63. The van der Waals surface area contributed by atoms with Crippen molar-refractivity contribution in [2.45, 2.75) is 430 Å². The molecular weight excluding hydrogens is 1550 g/mol. The zero-order valence-electron chi connectivity index (χ0n) is 83.2. The van der Waals surface area contributed by atoms with Crippen LogP contribution >= 0.6 is 0 Å². The quantitative estimate of drug-likeness (QED) is 0.128. The molecule has 21 fully saturated rings. The fourth-order valence-electron chi connectivity index (χ4n) is 35.7. The van der Waals surface area contributed by atoms with E-state index in [1.807, 2.05) is 20.8 Å². The number of hydrogen-bond donors (Lipinski definition) is 1. The monoisotopic (exact) mass is 1740 g/mol. The average Bonchev–Trinajstić information content (AvgIpc) is 1.56. The first-order valence-corrected chi connectivity index (χ1v) is 54.1. The Morgan fingerprint density at radius 2 is 0.616 bits per heavy atom. The number of carbonyl (C=O) groups is 6. The molecule has 125 heavy (non-hydrogen) atoms. The molecule has 21 rings (SSSR count). The van der Waals surface area contributed by atoms with Gasteiger partial charge in [-0.05, 0) is 438 Å². The van der Waals surface area contributed by atoms with Crippen LogP contribution in [-0.2, 0) is 57.2 Å². The summed E-state index contributed by atoms with van der Waals surface area (Å²) in [7, 11) is 0. The van der Waals surface area contributed by atoms with Crippen LogP contribution in [0.4, 0.5) is 0 Å². The molecule has 21 saturated carbocycles. The molecule has 0 radical (unpaired) electrons. The van der Waals surface area contributed by atoms with E-state index in [0.717, 1.165) is 178 Å². The molecule has 708 valence electrons. The molecule has 21 aliphatic rings. The predicted molar refractivity (Wildman–Crippen MR) is 494 cm³/mol. The molecular formula is C112H182O13. The van der Waals surface area contributed by atoms with Crippen molar-refractivity contribution in [2.75, 3.05) is 0 Å². The molecule has 1 N–H and O–H groups in total. The molecule has 0 amide bonds. The van der Waals surface area contributed by atoms with Gasteiger partial charge in [0.05, 0.1) is 41.6 Å². The second-order valence-corrected chi connectivity index (χ2v) is 51.8. The van der Waals surface area contributed by atoms with Crippen LogP contribution in [0.15, 0.2) is 0 Å². The van der Waals surface area contributed by atoms with Gasteiger partial charge in [-0.25, -0.2) is 0 Å². The van der Waals surface area contributed by atoms with Gasteiger partial charge >= 0.3 is 35.8 Å². The molecule has 13 nitrogen and oxygen atoms in total. The summed E-state index contributed by atoms with van der Waals surface area (Å²) < 4.78 is 36.5. The number of carbonyl (C=O) groups excluding carboxylic acids is 6. The molecule has 0 aromatic rings. The van der Waals surface area contributed by atoms with Crippen LogP contribution < -0.4 is 0 Å². The lowest BCUT2D eigenvalue weighted by Gasteiger charge is -2.48. The van der Waals surface area contributed by atoms with Crippen LogP contribution in [0.5, 0.6) is 0 Å². The van der Waals surface area contributed by atoms with Crippen LogP contribution in [0, 0.1) is 237 Å². The molecule has 0 aromatic heterocycles. The van der Waals surface area contributed by atoms with Crippen molar-refractivity contribution in [3.05, 3.63) is 0 Å². The van der Waals surface area contributed by atoms with Crippen LogP contribution in [0.25, 0.3) is 0 Å². The van der Waals surface area contributed by atoms with Crippen LogP contribution in [0.3, 0.4) is 0 Å². The second kappa shape index (κ2) is 36.9. The zero-order chi connectivity index (χ0) is 89.5. The van der Waals surface area contributed by atoms with E-state index in [-0.39, 0.29) is 105 Å². The highest BCUT2D eigenvalue weighted by molar-refractivity contribution is 5.77. The zero-order valence-corrected chi connectivity index (χ0v) is 83.2. The van der Waals surface area contributed by atoms with Gasteiger partial charge in [0.1, 0.15) is 33.6 Å². The third-order valence-corrected chi connectivity index (χ3v) is 44.6. The Bertz CT molecular complexity index is 3740. The summed E-state index contributed by atoms with van der Waals surface area (Å²) >= 11 is 0. The van der Waals surface area contributed by atoms with Crippen molar-refractivity contribution in [1.82, 2.24) is 0 Å². The number of rotatable bonds is 14. The minimum atomic E-state index is -0.395. The molecule has 0 spiro atoms. The molecule has 13 heteroatoms. The Kier molecular flexibility index (Phi) is 28.0. The number of hydrogen-bond acceptors (Lipinski definition) is 13. The normalized spacial score (nSPS) is 48.9. The topological polar surface area (TPSA) is 178 Å². The van der Waals surface area contributed by atoms with Gasteiger partial charge in [0, 0.05) is 11.8 Å². The van der Waals surface area contributed by atoms with E-state index < -0.39 is 5.60 Å². The van der Waals surface area contributed by atoms with Gasteiger partial charge in [-0.2, -0.15) is 0 Å². The van der Waals surface area contributed by atoms with E-state index >= 15 is 0 Å². The van der Waals surface area contributed by atoms with Gasteiger partial charge < -0.3 is 33.5 Å². The van der Waals surface area contributed by atoms with E-state index in [9.17, 15) is 33.9 Å². The largest absolute Gasteiger partial charge is 0.460 e. The van der Waals surface area contributed by atoms with Crippen LogP contribution in [-0.4, -0.2) is 80.6 Å². The first kappa shape index (κ1) is 95.0. The number of aliphatic hydroxyl groups is 1. The summed E-state index contributed by atoms with van der Waals surface area (Å²) in [5.74, 6) is 26.1. The molecule has 16 bridgehead atoms. The highest BCUT2D eigenvalue weighted by Crippen LogP contribution is 2.68. The minimum absolute atomic E-state index is 0.0405. The second-order valence-electron chi connectivity index (χ2n) is 51.8. The molecule has 40 unspecified atom stereocenters.